The van der Waals surface area contributed by atoms with Gasteiger partial charge in [0, 0.05) is 43.6 Å². The molecule has 7 nitrogen and oxygen atoms in total. The normalized spacial score (nSPS) is 19.1. The third-order valence-electron chi connectivity index (χ3n) is 5.51. The number of nitrogens with zero attached hydrogens (tertiary/aromatic N) is 2. The summed E-state index contributed by atoms with van der Waals surface area (Å²) in [6, 6.07) is 7.66. The number of hydrogen-bond donors (Lipinski definition) is 2. The minimum absolute atomic E-state index is 0.00518. The van der Waals surface area contributed by atoms with Gasteiger partial charge >= 0.3 is 0 Å². The zero-order chi connectivity index (χ0) is 19.6. The molecular weight excluding hydrogens is 380 g/mol. The number of rotatable bonds is 5. The highest BCUT2D eigenvalue weighted by molar-refractivity contribution is 6.30. The summed E-state index contributed by atoms with van der Waals surface area (Å²) in [5, 5.41) is 10.3. The van der Waals surface area contributed by atoms with E-state index in [-0.39, 0.29) is 17.9 Å². The summed E-state index contributed by atoms with van der Waals surface area (Å²) in [7, 11) is 0. The van der Waals surface area contributed by atoms with Crippen molar-refractivity contribution in [3.8, 4) is 0 Å². The van der Waals surface area contributed by atoms with Gasteiger partial charge in [-0.05, 0) is 37.0 Å². The molecule has 2 aliphatic rings. The molecule has 0 spiro atoms. The van der Waals surface area contributed by atoms with Crippen LogP contribution in [-0.2, 0) is 16.0 Å². The number of carbonyl (C=O) groups is 2. The maximum atomic E-state index is 13.2. The van der Waals surface area contributed by atoms with E-state index >= 15 is 0 Å². The smallest absolute Gasteiger partial charge is 0.257 e. The first-order chi connectivity index (χ1) is 13.6. The quantitative estimate of drug-likeness (QED) is 0.801. The van der Waals surface area contributed by atoms with E-state index in [1.807, 2.05) is 24.3 Å². The predicted octanol–water partition coefficient (Wildman–Crippen LogP) is 2.04. The minimum Gasteiger partial charge on any atom is -0.381 e. The average molecular weight is 403 g/mol. The number of ether oxygens (including phenoxy) is 1. The van der Waals surface area contributed by atoms with E-state index in [1.54, 1.807) is 11.1 Å². The van der Waals surface area contributed by atoms with Gasteiger partial charge in [0.15, 0.2) is 0 Å². The number of likely N-dealkylation sites (tertiary alicyclic amines) is 1. The van der Waals surface area contributed by atoms with Crippen LogP contribution in [0.25, 0.3) is 0 Å². The van der Waals surface area contributed by atoms with Crippen molar-refractivity contribution < 1.29 is 14.3 Å². The Morgan fingerprint density at radius 3 is 2.61 bits per heavy atom. The fourth-order valence-electron chi connectivity index (χ4n) is 3.89. The Balaban J connectivity index is 1.49. The molecule has 1 aromatic carbocycles. The van der Waals surface area contributed by atoms with Crippen molar-refractivity contribution in [2.75, 3.05) is 26.3 Å². The summed E-state index contributed by atoms with van der Waals surface area (Å²) in [6.45, 7) is 2.10. The van der Waals surface area contributed by atoms with Crippen LogP contribution in [0, 0.1) is 5.41 Å². The van der Waals surface area contributed by atoms with Crippen LogP contribution in [0.5, 0.6) is 0 Å². The molecule has 0 saturated carbocycles. The summed E-state index contributed by atoms with van der Waals surface area (Å²) in [5.74, 6) is -0.107. The maximum absolute atomic E-state index is 13.2. The number of amides is 2. The summed E-state index contributed by atoms with van der Waals surface area (Å²) in [6.07, 6.45) is 5.28. The zero-order valence-electron chi connectivity index (χ0n) is 15.5. The first-order valence-electron chi connectivity index (χ1n) is 9.47. The number of H-pyrrole nitrogens is 1. The lowest BCUT2D eigenvalue weighted by atomic mass is 9.73. The van der Waals surface area contributed by atoms with E-state index < -0.39 is 5.41 Å². The van der Waals surface area contributed by atoms with Gasteiger partial charge in [-0.1, -0.05) is 23.7 Å². The molecule has 8 heteroatoms. The second-order valence-electron chi connectivity index (χ2n) is 7.59. The van der Waals surface area contributed by atoms with Crippen LogP contribution in [-0.4, -0.2) is 59.3 Å². The maximum Gasteiger partial charge on any atom is 0.257 e. The first-order valence-corrected chi connectivity index (χ1v) is 9.85. The Bertz CT molecular complexity index is 826. The van der Waals surface area contributed by atoms with Crippen LogP contribution < -0.4 is 5.32 Å². The number of nitrogens with one attached hydrogen (secondary N) is 2. The molecule has 0 aliphatic carbocycles. The van der Waals surface area contributed by atoms with E-state index in [4.69, 9.17) is 16.3 Å². The van der Waals surface area contributed by atoms with E-state index in [1.165, 1.54) is 6.20 Å². The van der Waals surface area contributed by atoms with Gasteiger partial charge in [0.25, 0.3) is 5.91 Å². The number of halogens is 1. The Labute approximate surface area is 168 Å². The van der Waals surface area contributed by atoms with Gasteiger partial charge in [-0.2, -0.15) is 5.10 Å². The molecule has 0 radical (unpaired) electrons. The number of hydrogen-bond acceptors (Lipinski definition) is 4. The van der Waals surface area contributed by atoms with Crippen LogP contribution in [0.1, 0.15) is 28.8 Å². The van der Waals surface area contributed by atoms with Gasteiger partial charge < -0.3 is 15.0 Å². The third kappa shape index (κ3) is 3.91. The summed E-state index contributed by atoms with van der Waals surface area (Å²) < 4.78 is 5.38. The van der Waals surface area contributed by atoms with Crippen molar-refractivity contribution in [3.05, 3.63) is 52.8 Å². The standard InChI is InChI=1S/C20H23ClN4O3/c21-16-3-1-14(2-4-16)9-20(19(27)24-17-5-7-28-8-6-17)12-25(13-20)18(26)15-10-22-23-11-15/h1-4,10-11,17H,5-9,12-13H2,(H,22,23)(H,24,27). The third-order valence-corrected chi connectivity index (χ3v) is 5.77. The molecule has 1 aromatic heterocycles. The minimum atomic E-state index is -0.633. The summed E-state index contributed by atoms with van der Waals surface area (Å²) in [5.41, 5.74) is 0.901. The Hall–Kier alpha value is -2.38. The molecule has 28 heavy (non-hydrogen) atoms. The summed E-state index contributed by atoms with van der Waals surface area (Å²) in [4.78, 5) is 27.5. The number of carbonyl (C=O) groups excluding carboxylic acids is 2. The molecular formula is C20H23ClN4O3. The molecule has 0 bridgehead atoms. The lowest BCUT2D eigenvalue weighted by Gasteiger charge is -2.49. The van der Waals surface area contributed by atoms with Gasteiger partial charge in [0.1, 0.15) is 0 Å². The SMILES string of the molecule is O=C(c1cn[nH]c1)N1CC(Cc2ccc(Cl)cc2)(C(=O)NC2CCOCC2)C1. The lowest BCUT2D eigenvalue weighted by molar-refractivity contribution is -0.140. The van der Waals surface area contributed by atoms with Crippen LogP contribution in [0.3, 0.4) is 0 Å². The molecule has 2 aromatic rings. The van der Waals surface area contributed by atoms with E-state index in [0.29, 0.717) is 43.3 Å². The van der Waals surface area contributed by atoms with Gasteiger partial charge in [0.05, 0.1) is 17.2 Å². The average Bonchev–Trinajstić information content (AvgIpc) is 3.21. The topological polar surface area (TPSA) is 87.3 Å². The van der Waals surface area contributed by atoms with E-state index in [0.717, 1.165) is 18.4 Å². The molecule has 2 amide bonds. The Kier molecular flexibility index (Phi) is 5.37. The lowest BCUT2D eigenvalue weighted by Crippen LogP contribution is -2.66. The van der Waals surface area contributed by atoms with Crippen LogP contribution >= 0.6 is 11.6 Å². The van der Waals surface area contributed by atoms with Crippen molar-refractivity contribution in [2.45, 2.75) is 25.3 Å². The fourth-order valence-corrected chi connectivity index (χ4v) is 4.01. The van der Waals surface area contributed by atoms with Crippen molar-refractivity contribution in [1.29, 1.82) is 0 Å². The van der Waals surface area contributed by atoms with Crippen LogP contribution in [0.4, 0.5) is 0 Å². The monoisotopic (exact) mass is 402 g/mol. The van der Waals surface area contributed by atoms with Crippen LogP contribution in [0.2, 0.25) is 5.02 Å². The molecule has 0 atom stereocenters. The number of aromatic nitrogens is 2. The highest BCUT2D eigenvalue weighted by Gasteiger charge is 2.51. The van der Waals surface area contributed by atoms with Gasteiger partial charge in [-0.3, -0.25) is 14.7 Å². The van der Waals surface area contributed by atoms with E-state index in [9.17, 15) is 9.59 Å². The Morgan fingerprint density at radius 2 is 1.96 bits per heavy atom. The molecule has 2 saturated heterocycles. The van der Waals surface area contributed by atoms with Crippen molar-refractivity contribution in [1.82, 2.24) is 20.4 Å². The second-order valence-corrected chi connectivity index (χ2v) is 8.03. The van der Waals surface area contributed by atoms with Crippen molar-refractivity contribution in [2.24, 2.45) is 5.41 Å². The largest absolute Gasteiger partial charge is 0.381 e. The first kappa shape index (κ1) is 19.0. The molecule has 0 unspecified atom stereocenters. The molecule has 2 aliphatic heterocycles. The Morgan fingerprint density at radius 1 is 1.25 bits per heavy atom. The van der Waals surface area contributed by atoms with E-state index in [2.05, 4.69) is 15.5 Å². The molecule has 4 rings (SSSR count). The van der Waals surface area contributed by atoms with Gasteiger partial charge in [-0.25, -0.2) is 0 Å². The van der Waals surface area contributed by atoms with Gasteiger partial charge in [-0.15, -0.1) is 0 Å². The summed E-state index contributed by atoms with van der Waals surface area (Å²) >= 11 is 5.99. The highest BCUT2D eigenvalue weighted by atomic mass is 35.5. The predicted molar refractivity (Wildman–Crippen MR) is 104 cm³/mol. The fraction of sp³-hybridized carbons (Fsp3) is 0.450. The highest BCUT2D eigenvalue weighted by Crippen LogP contribution is 2.36. The molecule has 148 valence electrons. The van der Waals surface area contributed by atoms with Crippen molar-refractivity contribution in [3.63, 3.8) is 0 Å². The van der Waals surface area contributed by atoms with Gasteiger partial charge in [0.2, 0.25) is 5.91 Å². The molecule has 2 fully saturated rings. The number of aromatic amines is 1. The zero-order valence-corrected chi connectivity index (χ0v) is 16.2. The van der Waals surface area contributed by atoms with Crippen molar-refractivity contribution >= 4 is 23.4 Å². The van der Waals surface area contributed by atoms with Crippen LogP contribution in [0.15, 0.2) is 36.7 Å². The second kappa shape index (κ2) is 7.93. The number of benzene rings is 1. The molecule has 2 N–H and O–H groups in total. The molecule has 3 heterocycles.